The van der Waals surface area contributed by atoms with Crippen molar-refractivity contribution in [1.82, 2.24) is 0 Å². The Kier molecular flexibility index (Phi) is 80.3. The molecule has 0 rings (SSSR count). The summed E-state index contributed by atoms with van der Waals surface area (Å²) in [6.07, 6.45) is 106. The van der Waals surface area contributed by atoms with Crippen molar-refractivity contribution in [2.75, 3.05) is 47.5 Å². The largest absolute Gasteiger partial charge is 0.756 e. The number of quaternary nitrogens is 1. The quantitative estimate of drug-likeness (QED) is 0.0195. The first kappa shape index (κ1) is 98.5. The highest BCUT2D eigenvalue weighted by molar-refractivity contribution is 7.45. The van der Waals surface area contributed by atoms with Gasteiger partial charge in [-0.15, -0.1) is 0 Å². The number of hydrogen-bond donors (Lipinski definition) is 0. The van der Waals surface area contributed by atoms with E-state index in [1.165, 1.54) is 424 Å². The molecule has 10 heteroatoms. The standard InChI is InChI=1S/C90H176NO8P/c1-6-8-10-12-14-16-18-20-22-24-26-28-30-32-34-36-38-40-42-43-44-45-46-47-49-51-53-55-57-59-61-63-65-67-69-71-73-75-77-79-81-83-90(93)99-88(87-98-100(94,95)97-85-84-91(3,4)5)86-96-89(92)82-80-78-76-74-72-70-68-66-64-62-60-58-56-54-52-50-48-41-39-37-35-33-31-29-27-25-23-21-19-17-15-13-11-9-7-2/h24-27,88H,6-23,28-87H2,1-5H3/b26-24-,27-25-. The molecule has 9 nitrogen and oxygen atoms in total. The van der Waals surface area contributed by atoms with Gasteiger partial charge in [0.15, 0.2) is 6.10 Å². The second kappa shape index (κ2) is 81.6. The smallest absolute Gasteiger partial charge is 0.306 e. The molecule has 594 valence electrons. The van der Waals surface area contributed by atoms with Crippen molar-refractivity contribution in [3.05, 3.63) is 24.3 Å². The summed E-state index contributed by atoms with van der Waals surface area (Å²) in [5.74, 6) is -0.801. The fourth-order valence-corrected chi connectivity index (χ4v) is 14.8. The lowest BCUT2D eigenvalue weighted by Gasteiger charge is -2.28. The van der Waals surface area contributed by atoms with Crippen LogP contribution in [-0.4, -0.2) is 70.0 Å². The number of allylic oxidation sites excluding steroid dienone is 4. The number of carbonyl (C=O) groups is 2. The second-order valence-corrected chi connectivity index (χ2v) is 33.7. The molecular formula is C90H176NO8P. The molecule has 0 heterocycles. The lowest BCUT2D eigenvalue weighted by Crippen LogP contribution is -2.37. The molecule has 0 amide bonds. The fourth-order valence-electron chi connectivity index (χ4n) is 14.1. The third-order valence-corrected chi connectivity index (χ3v) is 21.9. The zero-order chi connectivity index (χ0) is 72.5. The molecule has 100 heavy (non-hydrogen) atoms. The van der Waals surface area contributed by atoms with Crippen molar-refractivity contribution in [3.8, 4) is 0 Å². The molecule has 0 N–H and O–H groups in total. The summed E-state index contributed by atoms with van der Waals surface area (Å²) in [6, 6.07) is 0. The number of unbranched alkanes of at least 4 members (excludes halogenated alkanes) is 68. The fraction of sp³-hybridized carbons (Fsp3) is 0.933. The SMILES string of the molecule is CCCCCCCCCC/C=C\CCCCCCCCCCCCCCCCCCCCCCCCCCCCCCCC(=O)OC(COC(=O)CCCCCCCCCCCCCCCCCCCCCCCCC/C=C\CCCCCCCCCC)COP(=O)([O-])OCC[N+](C)(C)C. The van der Waals surface area contributed by atoms with E-state index in [0.29, 0.717) is 17.4 Å². The van der Waals surface area contributed by atoms with Crippen LogP contribution in [0, 0.1) is 0 Å². The Morgan fingerprint density at radius 3 is 0.740 bits per heavy atom. The normalized spacial score (nSPS) is 13.0. The van der Waals surface area contributed by atoms with Gasteiger partial charge in [0.05, 0.1) is 27.7 Å². The van der Waals surface area contributed by atoms with Crippen molar-refractivity contribution in [3.63, 3.8) is 0 Å². The van der Waals surface area contributed by atoms with E-state index in [4.69, 9.17) is 18.5 Å². The summed E-state index contributed by atoms with van der Waals surface area (Å²) in [7, 11) is 1.20. The molecule has 0 aromatic heterocycles. The van der Waals surface area contributed by atoms with Gasteiger partial charge in [-0.05, 0) is 64.2 Å². The number of phosphoric acid groups is 1. The predicted octanol–water partition coefficient (Wildman–Crippen LogP) is 29.7. The highest BCUT2D eigenvalue weighted by Gasteiger charge is 2.22. The van der Waals surface area contributed by atoms with Gasteiger partial charge in [0.2, 0.25) is 0 Å². The maximum Gasteiger partial charge on any atom is 0.306 e. The summed E-state index contributed by atoms with van der Waals surface area (Å²) < 4.78 is 34.5. The van der Waals surface area contributed by atoms with Gasteiger partial charge in [0.1, 0.15) is 19.8 Å². The Labute approximate surface area is 625 Å². The van der Waals surface area contributed by atoms with Gasteiger partial charge < -0.3 is 27.9 Å². The summed E-state index contributed by atoms with van der Waals surface area (Å²) in [6.45, 7) is 4.34. The molecule has 0 aliphatic heterocycles. The van der Waals surface area contributed by atoms with Gasteiger partial charge >= 0.3 is 11.9 Å². The van der Waals surface area contributed by atoms with E-state index in [1.807, 2.05) is 21.1 Å². The minimum Gasteiger partial charge on any atom is -0.756 e. The molecule has 0 spiro atoms. The summed E-state index contributed by atoms with van der Waals surface area (Å²) >= 11 is 0. The molecule has 0 fully saturated rings. The second-order valence-electron chi connectivity index (χ2n) is 32.3. The van der Waals surface area contributed by atoms with Crippen molar-refractivity contribution < 1.29 is 42.1 Å². The highest BCUT2D eigenvalue weighted by atomic mass is 31.2. The zero-order valence-electron chi connectivity index (χ0n) is 68.2. The van der Waals surface area contributed by atoms with E-state index in [1.54, 1.807) is 0 Å². The molecule has 0 saturated carbocycles. The van der Waals surface area contributed by atoms with Crippen LogP contribution in [0.2, 0.25) is 0 Å². The maximum atomic E-state index is 12.9. The summed E-state index contributed by atoms with van der Waals surface area (Å²) in [5, 5.41) is 0. The van der Waals surface area contributed by atoms with E-state index in [-0.39, 0.29) is 32.0 Å². The minimum absolute atomic E-state index is 0.0259. The lowest BCUT2D eigenvalue weighted by molar-refractivity contribution is -0.870. The van der Waals surface area contributed by atoms with Gasteiger partial charge in [0.25, 0.3) is 7.82 Å². The average Bonchev–Trinajstić information content (AvgIpc) is 1.30. The monoisotopic (exact) mass is 1430 g/mol. The van der Waals surface area contributed by atoms with Gasteiger partial charge in [-0.1, -0.05) is 436 Å². The maximum absolute atomic E-state index is 12.9. The molecule has 0 bridgehead atoms. The van der Waals surface area contributed by atoms with Gasteiger partial charge in [-0.3, -0.25) is 14.2 Å². The van der Waals surface area contributed by atoms with E-state index >= 15 is 0 Å². The Morgan fingerprint density at radius 2 is 0.510 bits per heavy atom. The molecule has 0 aliphatic rings. The van der Waals surface area contributed by atoms with Crippen LogP contribution in [0.25, 0.3) is 0 Å². The van der Waals surface area contributed by atoms with Gasteiger partial charge in [-0.2, -0.15) is 0 Å². The van der Waals surface area contributed by atoms with Crippen molar-refractivity contribution >= 4 is 19.8 Å². The predicted molar refractivity (Wildman–Crippen MR) is 435 cm³/mol. The van der Waals surface area contributed by atoms with Crippen LogP contribution in [0.3, 0.4) is 0 Å². The third-order valence-electron chi connectivity index (χ3n) is 20.9. The zero-order valence-corrected chi connectivity index (χ0v) is 69.1. The molecule has 0 radical (unpaired) electrons. The molecular weight excluding hydrogens is 1250 g/mol. The first-order valence-electron chi connectivity index (χ1n) is 45.0. The molecule has 0 aromatic carbocycles. The first-order chi connectivity index (χ1) is 49.0. The number of phosphoric ester groups is 1. The summed E-state index contributed by atoms with van der Waals surface area (Å²) in [5.41, 5.74) is 0. The Morgan fingerprint density at radius 1 is 0.300 bits per heavy atom. The van der Waals surface area contributed by atoms with E-state index in [2.05, 4.69) is 38.2 Å². The van der Waals surface area contributed by atoms with Crippen LogP contribution in [0.15, 0.2) is 24.3 Å². The van der Waals surface area contributed by atoms with E-state index in [9.17, 15) is 19.0 Å². The lowest BCUT2D eigenvalue weighted by atomic mass is 10.0. The number of carbonyl (C=O) groups excluding carboxylic acids is 2. The van der Waals surface area contributed by atoms with Crippen LogP contribution in [0.5, 0.6) is 0 Å². The number of hydrogen-bond acceptors (Lipinski definition) is 8. The molecule has 2 atom stereocenters. The van der Waals surface area contributed by atoms with Crippen molar-refractivity contribution in [2.45, 2.75) is 495 Å². The van der Waals surface area contributed by atoms with Gasteiger partial charge in [0, 0.05) is 12.8 Å². The topological polar surface area (TPSA) is 111 Å². The van der Waals surface area contributed by atoms with Crippen LogP contribution in [-0.2, 0) is 32.7 Å². The Bertz CT molecular complexity index is 1730. The Balaban J connectivity index is 3.83. The first-order valence-corrected chi connectivity index (χ1v) is 46.5. The van der Waals surface area contributed by atoms with Crippen LogP contribution in [0.1, 0.15) is 489 Å². The average molecular weight is 1430 g/mol. The number of rotatable bonds is 86. The third kappa shape index (κ3) is 85.4. The molecule has 0 aromatic rings. The summed E-state index contributed by atoms with van der Waals surface area (Å²) in [4.78, 5) is 38.3. The van der Waals surface area contributed by atoms with Crippen LogP contribution >= 0.6 is 7.82 Å². The van der Waals surface area contributed by atoms with Gasteiger partial charge in [-0.25, -0.2) is 0 Å². The molecule has 2 unspecified atom stereocenters. The van der Waals surface area contributed by atoms with Crippen LogP contribution in [0.4, 0.5) is 0 Å². The van der Waals surface area contributed by atoms with E-state index in [0.717, 1.165) is 32.1 Å². The minimum atomic E-state index is -4.64. The van der Waals surface area contributed by atoms with E-state index < -0.39 is 26.5 Å². The highest BCUT2D eigenvalue weighted by Crippen LogP contribution is 2.38. The molecule has 0 saturated heterocycles. The number of likely N-dealkylation sites (N-methyl/N-ethyl adjacent to an activating group) is 1. The molecule has 0 aliphatic carbocycles. The number of ether oxygens (including phenoxy) is 2. The number of nitrogens with zero attached hydrogens (tertiary/aromatic N) is 1. The van der Waals surface area contributed by atoms with Crippen molar-refractivity contribution in [2.24, 2.45) is 0 Å². The Hall–Kier alpha value is -1.51. The van der Waals surface area contributed by atoms with Crippen molar-refractivity contribution in [1.29, 1.82) is 0 Å². The van der Waals surface area contributed by atoms with Crippen LogP contribution < -0.4 is 4.89 Å². The number of esters is 2.